The first-order valence-corrected chi connectivity index (χ1v) is 8.07. The molecule has 0 aliphatic heterocycles. The van der Waals surface area contributed by atoms with Crippen LogP contribution in [0.1, 0.15) is 31.9 Å². The molecule has 0 atom stereocenters. The van der Waals surface area contributed by atoms with Crippen molar-refractivity contribution in [1.29, 1.82) is 0 Å². The lowest BCUT2D eigenvalue weighted by atomic mass is 9.98. The number of hydrogen-bond donors (Lipinski definition) is 2. The third kappa shape index (κ3) is 6.71. The summed E-state index contributed by atoms with van der Waals surface area (Å²) in [5.74, 6) is 0.0307. The molecule has 2 N–H and O–H groups in total. The van der Waals surface area contributed by atoms with Crippen molar-refractivity contribution in [3.8, 4) is 0 Å². The smallest absolute Gasteiger partial charge is 0.215 e. The Morgan fingerprint density at radius 1 is 1.05 bits per heavy atom. The van der Waals surface area contributed by atoms with Gasteiger partial charge in [0.25, 0.3) is 0 Å². The maximum Gasteiger partial charge on any atom is 0.215 e. The van der Waals surface area contributed by atoms with Crippen molar-refractivity contribution in [3.63, 3.8) is 0 Å². The molecule has 4 nitrogen and oxygen atoms in total. The standard InChI is InChI=1S/C14H24N2O2S/c1-14(2,3)11-16-19(17,18)10-13-7-5-12(6-8-13)9-15-4/h5-8,15-16H,9-11H2,1-4H3. The van der Waals surface area contributed by atoms with E-state index in [-0.39, 0.29) is 11.2 Å². The fourth-order valence-electron chi connectivity index (χ4n) is 1.55. The third-order valence-electron chi connectivity index (χ3n) is 2.58. The molecule has 0 fully saturated rings. The van der Waals surface area contributed by atoms with Crippen LogP contribution in [0.4, 0.5) is 0 Å². The monoisotopic (exact) mass is 284 g/mol. The summed E-state index contributed by atoms with van der Waals surface area (Å²) in [6, 6.07) is 7.63. The highest BCUT2D eigenvalue weighted by molar-refractivity contribution is 7.88. The van der Waals surface area contributed by atoms with E-state index in [4.69, 9.17) is 0 Å². The fraction of sp³-hybridized carbons (Fsp3) is 0.571. The van der Waals surface area contributed by atoms with Gasteiger partial charge in [-0.1, -0.05) is 45.0 Å². The molecule has 1 aromatic carbocycles. The predicted molar refractivity (Wildman–Crippen MR) is 79.3 cm³/mol. The number of nitrogens with one attached hydrogen (secondary N) is 2. The lowest BCUT2D eigenvalue weighted by Gasteiger charge is -2.18. The predicted octanol–water partition coefficient (Wildman–Crippen LogP) is 1.87. The van der Waals surface area contributed by atoms with Gasteiger partial charge in [0, 0.05) is 13.1 Å². The molecule has 0 spiro atoms. The lowest BCUT2D eigenvalue weighted by molar-refractivity contribution is 0.407. The van der Waals surface area contributed by atoms with Gasteiger partial charge in [0.05, 0.1) is 5.75 Å². The van der Waals surface area contributed by atoms with Crippen LogP contribution in [-0.4, -0.2) is 22.0 Å². The molecule has 108 valence electrons. The zero-order valence-electron chi connectivity index (χ0n) is 12.2. The van der Waals surface area contributed by atoms with Crippen molar-refractivity contribution < 1.29 is 8.42 Å². The van der Waals surface area contributed by atoms with Gasteiger partial charge in [-0.15, -0.1) is 0 Å². The van der Waals surface area contributed by atoms with Gasteiger partial charge in [-0.05, 0) is 23.6 Å². The highest BCUT2D eigenvalue weighted by Gasteiger charge is 2.16. The molecule has 0 heterocycles. The molecule has 5 heteroatoms. The van der Waals surface area contributed by atoms with E-state index in [1.165, 1.54) is 0 Å². The second kappa shape index (κ2) is 6.50. The van der Waals surface area contributed by atoms with Crippen LogP contribution >= 0.6 is 0 Å². The summed E-state index contributed by atoms with van der Waals surface area (Å²) in [4.78, 5) is 0. The van der Waals surface area contributed by atoms with Crippen LogP contribution < -0.4 is 10.0 Å². The molecule has 0 saturated carbocycles. The van der Waals surface area contributed by atoms with Crippen molar-refractivity contribution >= 4 is 10.0 Å². The largest absolute Gasteiger partial charge is 0.316 e. The average molecular weight is 284 g/mol. The van der Waals surface area contributed by atoms with Crippen molar-refractivity contribution in [3.05, 3.63) is 35.4 Å². The van der Waals surface area contributed by atoms with E-state index in [9.17, 15) is 8.42 Å². The molecule has 19 heavy (non-hydrogen) atoms. The van der Waals surface area contributed by atoms with E-state index in [0.717, 1.165) is 17.7 Å². The third-order valence-corrected chi connectivity index (χ3v) is 3.88. The zero-order valence-corrected chi connectivity index (χ0v) is 13.0. The summed E-state index contributed by atoms with van der Waals surface area (Å²) in [6.07, 6.45) is 0. The summed E-state index contributed by atoms with van der Waals surface area (Å²) in [5.41, 5.74) is 1.90. The zero-order chi connectivity index (χ0) is 14.5. The summed E-state index contributed by atoms with van der Waals surface area (Å²) in [7, 11) is -1.37. The van der Waals surface area contributed by atoms with Crippen LogP contribution in [0.5, 0.6) is 0 Å². The maximum absolute atomic E-state index is 11.9. The molecule has 0 aromatic heterocycles. The molecule has 0 bridgehead atoms. The van der Waals surface area contributed by atoms with Crippen LogP contribution in [0.2, 0.25) is 0 Å². The van der Waals surface area contributed by atoms with Crippen LogP contribution in [0.15, 0.2) is 24.3 Å². The first-order chi connectivity index (χ1) is 8.72. The van der Waals surface area contributed by atoms with Crippen LogP contribution in [-0.2, 0) is 22.3 Å². The average Bonchev–Trinajstić information content (AvgIpc) is 2.29. The fourth-order valence-corrected chi connectivity index (χ4v) is 2.94. The minimum absolute atomic E-state index is 0.0307. The second-order valence-electron chi connectivity index (χ2n) is 5.99. The molecular weight excluding hydrogens is 260 g/mol. The lowest BCUT2D eigenvalue weighted by Crippen LogP contribution is -2.33. The van der Waals surface area contributed by atoms with Gasteiger partial charge in [-0.25, -0.2) is 13.1 Å². The first kappa shape index (κ1) is 16.1. The topological polar surface area (TPSA) is 58.2 Å². The maximum atomic E-state index is 11.9. The van der Waals surface area contributed by atoms with E-state index in [1.807, 2.05) is 52.1 Å². The second-order valence-corrected chi connectivity index (χ2v) is 7.79. The Hall–Kier alpha value is -0.910. The molecule has 1 rings (SSSR count). The summed E-state index contributed by atoms with van der Waals surface area (Å²) in [5, 5.41) is 3.06. The number of sulfonamides is 1. The summed E-state index contributed by atoms with van der Waals surface area (Å²) >= 11 is 0. The van der Waals surface area contributed by atoms with Gasteiger partial charge in [0.1, 0.15) is 0 Å². The Morgan fingerprint density at radius 3 is 2.05 bits per heavy atom. The highest BCUT2D eigenvalue weighted by atomic mass is 32.2. The van der Waals surface area contributed by atoms with Crippen molar-refractivity contribution in [2.45, 2.75) is 33.1 Å². The molecular formula is C14H24N2O2S. The van der Waals surface area contributed by atoms with E-state index in [2.05, 4.69) is 10.0 Å². The molecule has 0 amide bonds. The van der Waals surface area contributed by atoms with Crippen molar-refractivity contribution in [2.24, 2.45) is 5.41 Å². The molecule has 1 aromatic rings. The van der Waals surface area contributed by atoms with Gasteiger partial charge in [-0.3, -0.25) is 0 Å². The van der Waals surface area contributed by atoms with Gasteiger partial charge in [0.15, 0.2) is 0 Å². The Kier molecular flexibility index (Phi) is 5.52. The molecule has 0 aliphatic rings. The Bertz CT molecular complexity index is 487. The number of benzene rings is 1. The Balaban J connectivity index is 2.62. The summed E-state index contributed by atoms with van der Waals surface area (Å²) < 4.78 is 26.5. The van der Waals surface area contributed by atoms with E-state index < -0.39 is 10.0 Å². The molecule has 0 aliphatic carbocycles. The Labute approximate surface area is 116 Å². The highest BCUT2D eigenvalue weighted by Crippen LogP contribution is 2.13. The molecule has 0 radical (unpaired) electrons. The van der Waals surface area contributed by atoms with Crippen molar-refractivity contribution in [2.75, 3.05) is 13.6 Å². The van der Waals surface area contributed by atoms with E-state index >= 15 is 0 Å². The first-order valence-electron chi connectivity index (χ1n) is 6.42. The minimum Gasteiger partial charge on any atom is -0.316 e. The van der Waals surface area contributed by atoms with Crippen molar-refractivity contribution in [1.82, 2.24) is 10.0 Å². The van der Waals surface area contributed by atoms with Gasteiger partial charge in [-0.2, -0.15) is 0 Å². The van der Waals surface area contributed by atoms with E-state index in [1.54, 1.807) is 0 Å². The van der Waals surface area contributed by atoms with Crippen LogP contribution in [0.25, 0.3) is 0 Å². The van der Waals surface area contributed by atoms with Gasteiger partial charge < -0.3 is 5.32 Å². The molecule has 0 unspecified atom stereocenters. The normalized spacial score (nSPS) is 12.6. The number of hydrogen-bond acceptors (Lipinski definition) is 3. The van der Waals surface area contributed by atoms with Gasteiger partial charge >= 0.3 is 0 Å². The van der Waals surface area contributed by atoms with Crippen LogP contribution in [0, 0.1) is 5.41 Å². The van der Waals surface area contributed by atoms with E-state index in [0.29, 0.717) is 6.54 Å². The quantitative estimate of drug-likeness (QED) is 0.838. The van der Waals surface area contributed by atoms with Gasteiger partial charge in [0.2, 0.25) is 10.0 Å². The number of rotatable bonds is 6. The SMILES string of the molecule is CNCc1ccc(CS(=O)(=O)NCC(C)(C)C)cc1. The summed E-state index contributed by atoms with van der Waals surface area (Å²) in [6.45, 7) is 7.24. The van der Waals surface area contributed by atoms with Crippen LogP contribution in [0.3, 0.4) is 0 Å². The minimum atomic E-state index is -3.26. The molecule has 0 saturated heterocycles. The Morgan fingerprint density at radius 2 is 1.58 bits per heavy atom.